The number of morpholine rings is 1. The van der Waals surface area contributed by atoms with Crippen LogP contribution in [0.25, 0.3) is 5.76 Å². The Morgan fingerprint density at radius 3 is 2.60 bits per heavy atom. The molecular weight excluding hydrogens is 448 g/mol. The van der Waals surface area contributed by atoms with E-state index in [0.29, 0.717) is 42.4 Å². The van der Waals surface area contributed by atoms with Gasteiger partial charge in [0.15, 0.2) is 0 Å². The van der Waals surface area contributed by atoms with Crippen LogP contribution in [0.4, 0.5) is 0 Å². The maximum atomic E-state index is 13.1. The van der Waals surface area contributed by atoms with Crippen LogP contribution in [-0.4, -0.2) is 73.7 Å². The molecule has 2 heterocycles. The lowest BCUT2D eigenvalue weighted by atomic mass is 9.93. The van der Waals surface area contributed by atoms with E-state index in [1.54, 1.807) is 37.5 Å². The van der Waals surface area contributed by atoms with Gasteiger partial charge >= 0.3 is 0 Å². The molecular formula is C27H30N2O6. The third-order valence-corrected chi connectivity index (χ3v) is 6.33. The minimum absolute atomic E-state index is 0.0348. The molecule has 0 saturated carbocycles. The van der Waals surface area contributed by atoms with Crippen LogP contribution in [-0.2, 0) is 20.9 Å². The van der Waals surface area contributed by atoms with E-state index in [0.717, 1.165) is 18.7 Å². The predicted molar refractivity (Wildman–Crippen MR) is 131 cm³/mol. The zero-order valence-corrected chi connectivity index (χ0v) is 20.0. The molecule has 2 aliphatic rings. The highest BCUT2D eigenvalue weighted by atomic mass is 16.5. The molecule has 0 radical (unpaired) electrons. The first-order valence-electron chi connectivity index (χ1n) is 11.5. The molecule has 35 heavy (non-hydrogen) atoms. The van der Waals surface area contributed by atoms with E-state index >= 15 is 0 Å². The summed E-state index contributed by atoms with van der Waals surface area (Å²) in [5, 5.41) is 11.2. The second-order valence-electron chi connectivity index (χ2n) is 8.43. The van der Waals surface area contributed by atoms with Gasteiger partial charge in [-0.25, -0.2) is 0 Å². The van der Waals surface area contributed by atoms with Gasteiger partial charge in [-0.2, -0.15) is 0 Å². The number of aliphatic hydroxyl groups is 1. The number of carbonyl (C=O) groups is 2. The Kier molecular flexibility index (Phi) is 7.53. The number of hydrogen-bond donors (Lipinski definition) is 1. The van der Waals surface area contributed by atoms with Gasteiger partial charge in [-0.1, -0.05) is 24.3 Å². The molecule has 0 aromatic heterocycles. The number of Topliss-reactive ketones (excluding diaryl/α,β-unsaturated/α-hetero) is 1. The van der Waals surface area contributed by atoms with Gasteiger partial charge in [-0.05, 0) is 29.8 Å². The SMILES string of the molecule is C=CCN1C(=O)C(=O)C(=C(O)c2cccc(OC)c2)[C@H]1c1ccc(OC)c(CN2CCOCC2)c1. The maximum Gasteiger partial charge on any atom is 0.295 e. The zero-order chi connectivity index (χ0) is 24.9. The average molecular weight is 479 g/mol. The molecule has 2 aromatic carbocycles. The summed E-state index contributed by atoms with van der Waals surface area (Å²) in [5.74, 6) is -0.408. The lowest BCUT2D eigenvalue weighted by molar-refractivity contribution is -0.139. The Bertz CT molecular complexity index is 1150. The number of amides is 1. The molecule has 2 aromatic rings. The summed E-state index contributed by atoms with van der Waals surface area (Å²) in [5.41, 5.74) is 2.07. The van der Waals surface area contributed by atoms with Crippen LogP contribution >= 0.6 is 0 Å². The minimum Gasteiger partial charge on any atom is -0.507 e. The highest BCUT2D eigenvalue weighted by Crippen LogP contribution is 2.41. The number of benzene rings is 2. The van der Waals surface area contributed by atoms with Gasteiger partial charge in [0.2, 0.25) is 0 Å². The number of ketones is 1. The molecule has 0 bridgehead atoms. The van der Waals surface area contributed by atoms with Gasteiger partial charge in [0.25, 0.3) is 11.7 Å². The Morgan fingerprint density at radius 2 is 1.91 bits per heavy atom. The molecule has 184 valence electrons. The smallest absolute Gasteiger partial charge is 0.295 e. The Morgan fingerprint density at radius 1 is 1.14 bits per heavy atom. The Labute approximate surface area is 205 Å². The summed E-state index contributed by atoms with van der Waals surface area (Å²) in [6.45, 7) is 7.49. The van der Waals surface area contributed by atoms with Gasteiger partial charge in [-0.3, -0.25) is 14.5 Å². The van der Waals surface area contributed by atoms with Crippen LogP contribution in [0, 0.1) is 0 Å². The lowest BCUT2D eigenvalue weighted by Crippen LogP contribution is -2.35. The van der Waals surface area contributed by atoms with E-state index in [1.807, 2.05) is 18.2 Å². The van der Waals surface area contributed by atoms with Crippen molar-refractivity contribution in [3.63, 3.8) is 0 Å². The maximum absolute atomic E-state index is 13.1. The molecule has 2 saturated heterocycles. The number of ether oxygens (including phenoxy) is 3. The van der Waals surface area contributed by atoms with Crippen LogP contribution in [0.3, 0.4) is 0 Å². The van der Waals surface area contributed by atoms with Crippen molar-refractivity contribution in [2.75, 3.05) is 47.1 Å². The molecule has 8 nitrogen and oxygen atoms in total. The minimum atomic E-state index is -0.770. The van der Waals surface area contributed by atoms with Crippen LogP contribution in [0.2, 0.25) is 0 Å². The topological polar surface area (TPSA) is 88.5 Å². The fourth-order valence-electron chi connectivity index (χ4n) is 4.57. The van der Waals surface area contributed by atoms with E-state index in [2.05, 4.69) is 11.5 Å². The first kappa shape index (κ1) is 24.5. The average Bonchev–Trinajstić information content (AvgIpc) is 3.14. The molecule has 1 N–H and O–H groups in total. The molecule has 2 aliphatic heterocycles. The summed E-state index contributed by atoms with van der Waals surface area (Å²) in [6, 6.07) is 11.6. The summed E-state index contributed by atoms with van der Waals surface area (Å²) in [7, 11) is 3.14. The molecule has 0 spiro atoms. The van der Waals surface area contributed by atoms with Crippen molar-refractivity contribution >= 4 is 17.4 Å². The summed E-state index contributed by atoms with van der Waals surface area (Å²) in [6.07, 6.45) is 1.57. The number of hydrogen-bond acceptors (Lipinski definition) is 7. The third kappa shape index (κ3) is 4.94. The molecule has 1 atom stereocenters. The normalized spacial score (nSPS) is 20.2. The second kappa shape index (κ2) is 10.8. The van der Waals surface area contributed by atoms with Crippen molar-refractivity contribution in [1.82, 2.24) is 9.80 Å². The quantitative estimate of drug-likeness (QED) is 0.270. The first-order chi connectivity index (χ1) is 17.0. The highest BCUT2D eigenvalue weighted by Gasteiger charge is 2.45. The fraction of sp³-hybridized carbons (Fsp3) is 0.333. The monoisotopic (exact) mass is 478 g/mol. The molecule has 0 aliphatic carbocycles. The first-order valence-corrected chi connectivity index (χ1v) is 11.5. The number of likely N-dealkylation sites (tertiary alicyclic amines) is 1. The van der Waals surface area contributed by atoms with E-state index in [9.17, 15) is 14.7 Å². The fourth-order valence-corrected chi connectivity index (χ4v) is 4.57. The van der Waals surface area contributed by atoms with Crippen LogP contribution < -0.4 is 9.47 Å². The molecule has 8 heteroatoms. The number of carbonyl (C=O) groups excluding carboxylic acids is 2. The van der Waals surface area contributed by atoms with E-state index in [-0.39, 0.29) is 17.9 Å². The highest BCUT2D eigenvalue weighted by molar-refractivity contribution is 6.46. The van der Waals surface area contributed by atoms with Gasteiger partial charge in [0.05, 0.1) is 39.0 Å². The largest absolute Gasteiger partial charge is 0.507 e. The number of nitrogens with zero attached hydrogens (tertiary/aromatic N) is 2. The van der Waals surface area contributed by atoms with Gasteiger partial charge < -0.3 is 24.2 Å². The molecule has 0 unspecified atom stereocenters. The van der Waals surface area contributed by atoms with Crippen molar-refractivity contribution in [3.05, 3.63) is 77.4 Å². The predicted octanol–water partition coefficient (Wildman–Crippen LogP) is 3.14. The van der Waals surface area contributed by atoms with E-state index in [4.69, 9.17) is 14.2 Å². The van der Waals surface area contributed by atoms with Crippen LogP contribution in [0.1, 0.15) is 22.7 Å². The molecule has 1 amide bonds. The second-order valence-corrected chi connectivity index (χ2v) is 8.43. The summed E-state index contributed by atoms with van der Waals surface area (Å²) in [4.78, 5) is 29.8. The molecule has 4 rings (SSSR count). The number of methoxy groups -OCH3 is 2. The van der Waals surface area contributed by atoms with Crippen molar-refractivity contribution in [3.8, 4) is 11.5 Å². The lowest BCUT2D eigenvalue weighted by Gasteiger charge is -2.28. The van der Waals surface area contributed by atoms with Crippen LogP contribution in [0.5, 0.6) is 11.5 Å². The van der Waals surface area contributed by atoms with E-state index < -0.39 is 17.7 Å². The molecule has 2 fully saturated rings. The zero-order valence-electron chi connectivity index (χ0n) is 20.0. The van der Waals surface area contributed by atoms with Crippen molar-refractivity contribution in [1.29, 1.82) is 0 Å². The Hall–Kier alpha value is -3.62. The van der Waals surface area contributed by atoms with Crippen molar-refractivity contribution < 1.29 is 28.9 Å². The third-order valence-electron chi connectivity index (χ3n) is 6.33. The van der Waals surface area contributed by atoms with Gasteiger partial charge in [0.1, 0.15) is 17.3 Å². The van der Waals surface area contributed by atoms with Crippen molar-refractivity contribution in [2.24, 2.45) is 0 Å². The summed E-state index contributed by atoms with van der Waals surface area (Å²) < 4.78 is 16.3. The van der Waals surface area contributed by atoms with Gasteiger partial charge in [-0.15, -0.1) is 6.58 Å². The van der Waals surface area contributed by atoms with Crippen molar-refractivity contribution in [2.45, 2.75) is 12.6 Å². The summed E-state index contributed by atoms with van der Waals surface area (Å²) >= 11 is 0. The number of rotatable bonds is 8. The Balaban J connectivity index is 1.81. The van der Waals surface area contributed by atoms with Gasteiger partial charge in [0, 0.05) is 37.3 Å². The van der Waals surface area contributed by atoms with Crippen LogP contribution in [0.15, 0.2) is 60.7 Å². The standard InChI is InChI=1S/C27H30N2O6/c1-4-10-29-24(18-8-9-22(34-3)20(15-18)17-28-11-13-35-14-12-28)23(26(31)27(29)32)25(30)19-6-5-7-21(16-19)33-2/h4-9,15-16,24,30H,1,10-14,17H2,2-3H3/t24-/m1/s1. The van der Waals surface area contributed by atoms with E-state index in [1.165, 1.54) is 12.0 Å². The number of aliphatic hydroxyl groups excluding tert-OH is 1.